The maximum atomic E-state index is 13.2. The van der Waals surface area contributed by atoms with Crippen molar-refractivity contribution in [2.24, 2.45) is 13.0 Å². The quantitative estimate of drug-likeness (QED) is 0.634. The first-order chi connectivity index (χ1) is 13.8. The van der Waals surface area contributed by atoms with Gasteiger partial charge in [0, 0.05) is 25.8 Å². The van der Waals surface area contributed by atoms with Crippen LogP contribution in [0, 0.1) is 5.92 Å². The van der Waals surface area contributed by atoms with Gasteiger partial charge in [0.2, 0.25) is 5.95 Å². The van der Waals surface area contributed by atoms with E-state index in [9.17, 15) is 9.59 Å². The topological polar surface area (TPSA) is 74.3 Å². The Balaban J connectivity index is 1.96. The van der Waals surface area contributed by atoms with Crippen LogP contribution in [0.15, 0.2) is 46.0 Å². The number of nitrogens with zero attached hydrogens (tertiary/aromatic N) is 5. The highest BCUT2D eigenvalue weighted by atomic mass is 16.5. The summed E-state index contributed by atoms with van der Waals surface area (Å²) in [7, 11) is 3.28. The highest BCUT2D eigenvalue weighted by Gasteiger charge is 2.29. The zero-order chi connectivity index (χ0) is 20.9. The molecule has 8 nitrogen and oxygen atoms in total. The van der Waals surface area contributed by atoms with Gasteiger partial charge in [0.25, 0.3) is 5.56 Å². The molecule has 1 unspecified atom stereocenters. The molecule has 3 aromatic rings. The molecule has 0 bridgehead atoms. The van der Waals surface area contributed by atoms with E-state index in [4.69, 9.17) is 9.72 Å². The smallest absolute Gasteiger partial charge is 0.332 e. The van der Waals surface area contributed by atoms with Gasteiger partial charge in [-0.25, -0.2) is 4.79 Å². The Morgan fingerprint density at radius 3 is 2.55 bits per heavy atom. The van der Waals surface area contributed by atoms with Crippen LogP contribution in [0.3, 0.4) is 0 Å². The Hall–Kier alpha value is -3.29. The van der Waals surface area contributed by atoms with Crippen molar-refractivity contribution in [3.8, 4) is 5.75 Å². The maximum Gasteiger partial charge on any atom is 0.332 e. The zero-order valence-corrected chi connectivity index (χ0v) is 17.2. The Labute approximate surface area is 168 Å². The van der Waals surface area contributed by atoms with Crippen molar-refractivity contribution in [2.75, 3.05) is 18.6 Å². The Kier molecular flexibility index (Phi) is 4.56. The molecule has 0 radical (unpaired) electrons. The fraction of sp³-hybridized carbons (Fsp3) is 0.381. The summed E-state index contributed by atoms with van der Waals surface area (Å²) in [4.78, 5) is 32.8. The van der Waals surface area contributed by atoms with Crippen LogP contribution in [0.2, 0.25) is 0 Å². The van der Waals surface area contributed by atoms with Crippen LogP contribution in [0.25, 0.3) is 11.2 Å². The minimum absolute atomic E-state index is 0.194. The van der Waals surface area contributed by atoms with Gasteiger partial charge in [-0.2, -0.15) is 4.98 Å². The van der Waals surface area contributed by atoms with E-state index >= 15 is 0 Å². The highest BCUT2D eigenvalue weighted by Crippen LogP contribution is 2.33. The summed E-state index contributed by atoms with van der Waals surface area (Å²) in [6.45, 7) is 9.41. The number of hydrogen-bond donors (Lipinski definition) is 0. The van der Waals surface area contributed by atoms with Crippen molar-refractivity contribution in [1.29, 1.82) is 0 Å². The highest BCUT2D eigenvalue weighted by molar-refractivity contribution is 5.77. The molecule has 0 N–H and O–H groups in total. The molecule has 29 heavy (non-hydrogen) atoms. The average molecular weight is 395 g/mol. The molecule has 0 saturated heterocycles. The summed E-state index contributed by atoms with van der Waals surface area (Å²) in [5.74, 6) is 1.74. The van der Waals surface area contributed by atoms with Crippen LogP contribution in [0.5, 0.6) is 5.75 Å². The summed E-state index contributed by atoms with van der Waals surface area (Å²) in [5, 5.41) is 0. The van der Waals surface area contributed by atoms with E-state index in [2.05, 4.69) is 18.4 Å². The first-order valence-corrected chi connectivity index (χ1v) is 9.57. The Bertz CT molecular complexity index is 1220. The normalized spacial score (nSPS) is 16.1. The first kappa shape index (κ1) is 19.0. The Morgan fingerprint density at radius 2 is 1.93 bits per heavy atom. The monoisotopic (exact) mass is 395 g/mol. The lowest BCUT2D eigenvalue weighted by molar-refractivity contribution is 0.414. The van der Waals surface area contributed by atoms with Crippen LogP contribution in [0.4, 0.5) is 11.6 Å². The number of aromatic nitrogens is 4. The van der Waals surface area contributed by atoms with E-state index in [1.54, 1.807) is 21.1 Å². The van der Waals surface area contributed by atoms with E-state index < -0.39 is 0 Å². The number of fused-ring (bicyclic) bond motifs is 3. The molecule has 1 aliphatic rings. The van der Waals surface area contributed by atoms with Gasteiger partial charge in [0.1, 0.15) is 5.75 Å². The van der Waals surface area contributed by atoms with Gasteiger partial charge < -0.3 is 14.2 Å². The Morgan fingerprint density at radius 1 is 1.24 bits per heavy atom. The van der Waals surface area contributed by atoms with E-state index in [0.29, 0.717) is 29.6 Å². The number of anilines is 2. The molecular weight excluding hydrogens is 370 g/mol. The fourth-order valence-electron chi connectivity index (χ4n) is 3.89. The van der Waals surface area contributed by atoms with Crippen LogP contribution in [-0.2, 0) is 20.1 Å². The molecule has 0 spiro atoms. The van der Waals surface area contributed by atoms with Gasteiger partial charge in [-0.3, -0.25) is 13.9 Å². The number of ether oxygens (including phenoxy) is 1. The molecule has 1 aliphatic heterocycles. The molecular formula is C21H25N5O3. The van der Waals surface area contributed by atoms with Gasteiger partial charge >= 0.3 is 5.69 Å². The summed E-state index contributed by atoms with van der Waals surface area (Å²) in [6.07, 6.45) is 0. The minimum Gasteiger partial charge on any atom is -0.497 e. The molecule has 1 atom stereocenters. The van der Waals surface area contributed by atoms with Crippen molar-refractivity contribution in [1.82, 2.24) is 18.7 Å². The SMILES string of the molecule is C=C(C)Cn1c(=O)c2c(nc3n2CC(C)CN3c2ccc(OC)cc2)n(C)c1=O. The van der Waals surface area contributed by atoms with Gasteiger partial charge in [-0.1, -0.05) is 19.1 Å². The molecule has 0 aliphatic carbocycles. The average Bonchev–Trinajstić information content (AvgIpc) is 3.08. The number of hydrogen-bond acceptors (Lipinski definition) is 5. The van der Waals surface area contributed by atoms with Crippen molar-refractivity contribution >= 4 is 22.8 Å². The second-order valence-electron chi connectivity index (χ2n) is 7.80. The summed E-state index contributed by atoms with van der Waals surface area (Å²) in [6, 6.07) is 7.74. The predicted molar refractivity (Wildman–Crippen MR) is 113 cm³/mol. The lowest BCUT2D eigenvalue weighted by atomic mass is 10.1. The first-order valence-electron chi connectivity index (χ1n) is 9.57. The van der Waals surface area contributed by atoms with Crippen LogP contribution >= 0.6 is 0 Å². The molecule has 152 valence electrons. The van der Waals surface area contributed by atoms with E-state index in [1.807, 2.05) is 28.8 Å². The van der Waals surface area contributed by atoms with E-state index in [0.717, 1.165) is 23.6 Å². The molecule has 2 aromatic heterocycles. The predicted octanol–water partition coefficient (Wildman–Crippen LogP) is 2.27. The van der Waals surface area contributed by atoms with Gasteiger partial charge in [0.05, 0.1) is 13.7 Å². The van der Waals surface area contributed by atoms with Crippen molar-refractivity contribution in [2.45, 2.75) is 26.9 Å². The van der Waals surface area contributed by atoms with Crippen molar-refractivity contribution < 1.29 is 4.74 Å². The molecule has 8 heteroatoms. The summed E-state index contributed by atoms with van der Waals surface area (Å²) >= 11 is 0. The van der Waals surface area contributed by atoms with Crippen molar-refractivity contribution in [3.63, 3.8) is 0 Å². The van der Waals surface area contributed by atoms with Gasteiger partial charge in [-0.05, 0) is 37.1 Å². The third-order valence-corrected chi connectivity index (χ3v) is 5.25. The third kappa shape index (κ3) is 3.04. The molecule has 0 saturated carbocycles. The number of aryl methyl sites for hydroxylation is 1. The zero-order valence-electron chi connectivity index (χ0n) is 17.2. The number of methoxy groups -OCH3 is 1. The molecule has 3 heterocycles. The third-order valence-electron chi connectivity index (χ3n) is 5.25. The second kappa shape index (κ2) is 6.95. The summed E-state index contributed by atoms with van der Waals surface area (Å²) in [5.41, 5.74) is 1.85. The summed E-state index contributed by atoms with van der Waals surface area (Å²) < 4.78 is 9.87. The number of imidazole rings is 1. The maximum absolute atomic E-state index is 13.2. The van der Waals surface area contributed by atoms with Crippen molar-refractivity contribution in [3.05, 3.63) is 57.3 Å². The lowest BCUT2D eigenvalue weighted by Gasteiger charge is -2.33. The number of allylic oxidation sites excluding steroid dienone is 1. The standard InChI is InChI=1S/C21H25N5O3/c1-13(2)10-26-19(27)17-18(23(4)21(26)28)22-20-24(11-14(3)12-25(17)20)15-6-8-16(29-5)9-7-15/h6-9,14H,1,10-12H2,2-5H3. The minimum atomic E-state index is -0.384. The fourth-order valence-corrected chi connectivity index (χ4v) is 3.89. The van der Waals surface area contributed by atoms with Gasteiger partial charge in [0.15, 0.2) is 11.2 Å². The van der Waals surface area contributed by atoms with Crippen LogP contribution < -0.4 is 20.9 Å². The number of rotatable bonds is 4. The largest absolute Gasteiger partial charge is 0.497 e. The van der Waals surface area contributed by atoms with E-state index in [-0.39, 0.29) is 17.8 Å². The molecule has 0 amide bonds. The number of benzene rings is 1. The van der Waals surface area contributed by atoms with E-state index in [1.165, 1.54) is 9.13 Å². The lowest BCUT2D eigenvalue weighted by Crippen LogP contribution is -2.40. The molecule has 1 aromatic carbocycles. The molecule has 0 fully saturated rings. The van der Waals surface area contributed by atoms with Gasteiger partial charge in [-0.15, -0.1) is 0 Å². The molecule has 4 rings (SSSR count). The van der Waals surface area contributed by atoms with Crippen LogP contribution in [-0.4, -0.2) is 32.3 Å². The van der Waals surface area contributed by atoms with Crippen LogP contribution in [0.1, 0.15) is 13.8 Å². The second-order valence-corrected chi connectivity index (χ2v) is 7.80.